The lowest BCUT2D eigenvalue weighted by molar-refractivity contribution is -0.127. The Balaban J connectivity index is 2.59. The Labute approximate surface area is 98.5 Å². The molecule has 4 heteroatoms. The van der Waals surface area contributed by atoms with Gasteiger partial charge in [-0.2, -0.15) is 0 Å². The quantitative estimate of drug-likeness (QED) is 0.431. The molecule has 1 amide bonds. The van der Waals surface area contributed by atoms with E-state index in [1.165, 1.54) is 12.8 Å². The minimum Gasteiger partial charge on any atom is -0.297 e. The highest BCUT2D eigenvalue weighted by Gasteiger charge is 2.31. The lowest BCUT2D eigenvalue weighted by Gasteiger charge is -2.42. The van der Waals surface area contributed by atoms with E-state index < -0.39 is 0 Å². The molecule has 4 atom stereocenters. The minimum atomic E-state index is -0.0710. The standard InChI is InChI=1S/C12H25N3O/c1-8-5-6-15(9(2)7-8)11(4)10(3)12(16)14-13/h8-11H,5-7,13H2,1-4H3,(H,14,16). The van der Waals surface area contributed by atoms with E-state index in [0.717, 1.165) is 12.5 Å². The molecule has 1 aliphatic rings. The van der Waals surface area contributed by atoms with Crippen molar-refractivity contribution < 1.29 is 4.79 Å². The first-order chi connectivity index (χ1) is 7.47. The van der Waals surface area contributed by atoms with Crippen LogP contribution >= 0.6 is 0 Å². The van der Waals surface area contributed by atoms with Gasteiger partial charge in [0.05, 0.1) is 5.92 Å². The molecule has 16 heavy (non-hydrogen) atoms. The number of carbonyl (C=O) groups excluding carboxylic acids is 1. The summed E-state index contributed by atoms with van der Waals surface area (Å²) in [4.78, 5) is 13.9. The van der Waals surface area contributed by atoms with Crippen LogP contribution in [0.15, 0.2) is 0 Å². The number of carbonyl (C=O) groups is 1. The third kappa shape index (κ3) is 2.95. The third-order valence-electron chi connectivity index (χ3n) is 3.99. The number of nitrogens with zero attached hydrogens (tertiary/aromatic N) is 1. The zero-order valence-corrected chi connectivity index (χ0v) is 10.9. The van der Waals surface area contributed by atoms with Gasteiger partial charge in [-0.05, 0) is 39.2 Å². The molecule has 1 heterocycles. The molecule has 0 spiro atoms. The summed E-state index contributed by atoms with van der Waals surface area (Å²) in [7, 11) is 0. The number of nitrogens with one attached hydrogen (secondary N) is 1. The van der Waals surface area contributed by atoms with Crippen LogP contribution < -0.4 is 11.3 Å². The fourth-order valence-corrected chi connectivity index (χ4v) is 2.67. The van der Waals surface area contributed by atoms with Crippen LogP contribution in [0.3, 0.4) is 0 Å². The number of hydrogen-bond acceptors (Lipinski definition) is 3. The number of hydrogen-bond donors (Lipinski definition) is 2. The third-order valence-corrected chi connectivity index (χ3v) is 3.99. The van der Waals surface area contributed by atoms with E-state index in [0.29, 0.717) is 6.04 Å². The van der Waals surface area contributed by atoms with Crippen molar-refractivity contribution in [1.82, 2.24) is 10.3 Å². The fraction of sp³-hybridized carbons (Fsp3) is 0.917. The normalized spacial score (nSPS) is 30.8. The largest absolute Gasteiger partial charge is 0.297 e. The molecule has 3 N–H and O–H groups in total. The number of piperidine rings is 1. The highest BCUT2D eigenvalue weighted by molar-refractivity contribution is 5.78. The van der Waals surface area contributed by atoms with Crippen molar-refractivity contribution in [1.29, 1.82) is 0 Å². The Bertz CT molecular complexity index is 244. The maximum absolute atomic E-state index is 11.5. The first-order valence-corrected chi connectivity index (χ1v) is 6.23. The van der Waals surface area contributed by atoms with Crippen molar-refractivity contribution in [2.24, 2.45) is 17.7 Å². The monoisotopic (exact) mass is 227 g/mol. The van der Waals surface area contributed by atoms with Gasteiger partial charge in [0.1, 0.15) is 0 Å². The molecule has 1 aliphatic heterocycles. The van der Waals surface area contributed by atoms with Gasteiger partial charge in [0.25, 0.3) is 0 Å². The van der Waals surface area contributed by atoms with Crippen molar-refractivity contribution in [3.8, 4) is 0 Å². The van der Waals surface area contributed by atoms with Gasteiger partial charge in [0.2, 0.25) is 5.91 Å². The van der Waals surface area contributed by atoms with Gasteiger partial charge in [-0.25, -0.2) is 5.84 Å². The van der Waals surface area contributed by atoms with Crippen molar-refractivity contribution in [3.63, 3.8) is 0 Å². The van der Waals surface area contributed by atoms with Gasteiger partial charge >= 0.3 is 0 Å². The SMILES string of the molecule is CC1CCN(C(C)C(C)C(=O)NN)C(C)C1. The smallest absolute Gasteiger partial charge is 0.238 e. The van der Waals surface area contributed by atoms with E-state index in [4.69, 9.17) is 5.84 Å². The van der Waals surface area contributed by atoms with E-state index in [1.54, 1.807) is 0 Å². The summed E-state index contributed by atoms with van der Waals surface area (Å²) in [5.74, 6) is 5.86. The van der Waals surface area contributed by atoms with Crippen LogP contribution in [0.4, 0.5) is 0 Å². The predicted octanol–water partition coefficient (Wildman–Crippen LogP) is 1.12. The zero-order valence-electron chi connectivity index (χ0n) is 10.9. The Morgan fingerprint density at radius 3 is 2.56 bits per heavy atom. The average Bonchev–Trinajstić information content (AvgIpc) is 2.26. The predicted molar refractivity (Wildman–Crippen MR) is 65.5 cm³/mol. The van der Waals surface area contributed by atoms with Crippen LogP contribution in [0.2, 0.25) is 0 Å². The molecule has 1 fully saturated rings. The summed E-state index contributed by atoms with van der Waals surface area (Å²) < 4.78 is 0. The molecule has 94 valence electrons. The van der Waals surface area contributed by atoms with Gasteiger partial charge in [0, 0.05) is 12.1 Å². The molecule has 1 rings (SSSR count). The van der Waals surface area contributed by atoms with E-state index in [1.807, 2.05) is 6.92 Å². The molecule has 4 unspecified atom stereocenters. The van der Waals surface area contributed by atoms with Gasteiger partial charge in [0.15, 0.2) is 0 Å². The fourth-order valence-electron chi connectivity index (χ4n) is 2.67. The summed E-state index contributed by atoms with van der Waals surface area (Å²) in [6.07, 6.45) is 2.45. The van der Waals surface area contributed by atoms with Crippen LogP contribution in [0.5, 0.6) is 0 Å². The molecule has 0 radical (unpaired) electrons. The highest BCUT2D eigenvalue weighted by atomic mass is 16.2. The number of amides is 1. The molecule has 0 aromatic heterocycles. The number of nitrogens with two attached hydrogens (primary N) is 1. The summed E-state index contributed by atoms with van der Waals surface area (Å²) in [6.45, 7) is 9.70. The first-order valence-electron chi connectivity index (χ1n) is 6.23. The highest BCUT2D eigenvalue weighted by Crippen LogP contribution is 2.26. The van der Waals surface area contributed by atoms with Gasteiger partial charge in [-0.3, -0.25) is 15.1 Å². The van der Waals surface area contributed by atoms with E-state index in [-0.39, 0.29) is 17.9 Å². The summed E-state index contributed by atoms with van der Waals surface area (Å²) in [5, 5.41) is 0. The van der Waals surface area contributed by atoms with Crippen LogP contribution in [-0.4, -0.2) is 29.4 Å². The Morgan fingerprint density at radius 1 is 1.44 bits per heavy atom. The molecular weight excluding hydrogens is 202 g/mol. The molecule has 0 aromatic rings. The van der Waals surface area contributed by atoms with Crippen LogP contribution in [0.1, 0.15) is 40.5 Å². The second-order valence-corrected chi connectivity index (χ2v) is 5.25. The second-order valence-electron chi connectivity index (χ2n) is 5.25. The van der Waals surface area contributed by atoms with Crippen LogP contribution in [0.25, 0.3) is 0 Å². The molecule has 0 saturated carbocycles. The van der Waals surface area contributed by atoms with Crippen molar-refractivity contribution in [2.75, 3.05) is 6.54 Å². The summed E-state index contributed by atoms with van der Waals surface area (Å²) in [5.41, 5.74) is 2.24. The van der Waals surface area contributed by atoms with E-state index in [9.17, 15) is 4.79 Å². The van der Waals surface area contributed by atoms with Gasteiger partial charge < -0.3 is 0 Å². The Kier molecular flexibility index (Phi) is 4.74. The maximum Gasteiger partial charge on any atom is 0.238 e. The lowest BCUT2D eigenvalue weighted by atomic mass is 9.89. The summed E-state index contributed by atoms with van der Waals surface area (Å²) >= 11 is 0. The Morgan fingerprint density at radius 2 is 2.06 bits per heavy atom. The molecule has 0 bridgehead atoms. The summed E-state index contributed by atoms with van der Waals surface area (Å²) in [6, 6.07) is 0.817. The van der Waals surface area contributed by atoms with Crippen LogP contribution in [-0.2, 0) is 4.79 Å². The van der Waals surface area contributed by atoms with Crippen molar-refractivity contribution >= 4 is 5.91 Å². The first kappa shape index (κ1) is 13.5. The molecule has 4 nitrogen and oxygen atoms in total. The molecular formula is C12H25N3O. The van der Waals surface area contributed by atoms with Crippen molar-refractivity contribution in [2.45, 2.75) is 52.6 Å². The van der Waals surface area contributed by atoms with E-state index in [2.05, 4.69) is 31.1 Å². The molecule has 0 aromatic carbocycles. The number of rotatable bonds is 3. The number of likely N-dealkylation sites (tertiary alicyclic amines) is 1. The maximum atomic E-state index is 11.5. The molecule has 0 aliphatic carbocycles. The minimum absolute atomic E-state index is 0.0548. The van der Waals surface area contributed by atoms with Crippen molar-refractivity contribution in [3.05, 3.63) is 0 Å². The molecule has 1 saturated heterocycles. The second kappa shape index (κ2) is 5.64. The Hall–Kier alpha value is -0.610. The van der Waals surface area contributed by atoms with Gasteiger partial charge in [-0.1, -0.05) is 13.8 Å². The van der Waals surface area contributed by atoms with Crippen LogP contribution in [0, 0.1) is 11.8 Å². The van der Waals surface area contributed by atoms with Gasteiger partial charge in [-0.15, -0.1) is 0 Å². The topological polar surface area (TPSA) is 58.4 Å². The van der Waals surface area contributed by atoms with E-state index >= 15 is 0 Å². The number of hydrazine groups is 1. The zero-order chi connectivity index (χ0) is 12.3. The average molecular weight is 227 g/mol. The lowest BCUT2D eigenvalue weighted by Crippen LogP contribution is -2.51.